The second-order valence-electron chi connectivity index (χ2n) is 4.48. The Bertz CT molecular complexity index is 414. The van der Waals surface area contributed by atoms with Gasteiger partial charge in [0.05, 0.1) is 25.6 Å². The van der Waals surface area contributed by atoms with Gasteiger partial charge in [-0.3, -0.25) is 9.59 Å². The minimum Gasteiger partial charge on any atom is -0.466 e. The number of hydrogen-bond acceptors (Lipinski definition) is 7. The Balaban J connectivity index is 3.92. The van der Waals surface area contributed by atoms with Crippen molar-refractivity contribution in [3.05, 3.63) is 12.2 Å². The molecule has 0 spiro atoms. The summed E-state index contributed by atoms with van der Waals surface area (Å²) in [6.07, 6.45) is 5.89. The van der Waals surface area contributed by atoms with E-state index < -0.39 is 6.80 Å². The van der Waals surface area contributed by atoms with E-state index in [1.165, 1.54) is 6.08 Å². The van der Waals surface area contributed by atoms with Crippen LogP contribution in [0.4, 0.5) is 0 Å². The SMILES string of the molecule is CCOC(=O)CCCC/C=C/C(=O)CSP(=O)(OCC)OCC. The molecule has 0 heterocycles. The van der Waals surface area contributed by atoms with Gasteiger partial charge in [-0.05, 0) is 57.5 Å². The van der Waals surface area contributed by atoms with Crippen molar-refractivity contribution in [2.45, 2.75) is 46.5 Å². The number of rotatable bonds is 14. The van der Waals surface area contributed by atoms with Gasteiger partial charge < -0.3 is 13.8 Å². The number of unbranched alkanes of at least 4 members (excludes halogenated alkanes) is 2. The van der Waals surface area contributed by atoms with Crippen LogP contribution in [0.25, 0.3) is 0 Å². The number of esters is 1. The second-order valence-corrected chi connectivity index (χ2v) is 8.55. The molecule has 0 N–H and O–H groups in total. The summed E-state index contributed by atoms with van der Waals surface area (Å²) in [5, 5.41) is 0. The molecule has 8 heteroatoms. The summed E-state index contributed by atoms with van der Waals surface area (Å²) in [5.74, 6) is -0.275. The maximum absolute atomic E-state index is 12.1. The van der Waals surface area contributed by atoms with Crippen LogP contribution < -0.4 is 0 Å². The van der Waals surface area contributed by atoms with E-state index in [9.17, 15) is 14.2 Å². The number of ether oxygens (including phenoxy) is 1. The average Bonchev–Trinajstić information content (AvgIpc) is 2.49. The minimum atomic E-state index is -3.23. The van der Waals surface area contributed by atoms with Crippen LogP contribution in [0.2, 0.25) is 0 Å². The molecule has 0 saturated heterocycles. The fourth-order valence-electron chi connectivity index (χ4n) is 1.60. The number of allylic oxidation sites excluding steroid dienone is 2. The van der Waals surface area contributed by atoms with Crippen molar-refractivity contribution >= 4 is 29.9 Å². The van der Waals surface area contributed by atoms with Gasteiger partial charge in [-0.1, -0.05) is 6.08 Å². The predicted octanol–water partition coefficient (Wildman–Crippen LogP) is 4.15. The highest BCUT2D eigenvalue weighted by atomic mass is 32.7. The highest BCUT2D eigenvalue weighted by Crippen LogP contribution is 2.60. The third-order valence-electron chi connectivity index (χ3n) is 2.55. The van der Waals surface area contributed by atoms with E-state index >= 15 is 0 Å². The summed E-state index contributed by atoms with van der Waals surface area (Å²) in [6.45, 7) is 2.95. The average molecular weight is 366 g/mol. The van der Waals surface area contributed by atoms with Gasteiger partial charge in [-0.2, -0.15) is 0 Å². The topological polar surface area (TPSA) is 78.9 Å². The maximum atomic E-state index is 12.1. The molecule has 0 aliphatic heterocycles. The van der Waals surface area contributed by atoms with E-state index in [-0.39, 0.29) is 30.7 Å². The molecular formula is C15H27O6PS. The van der Waals surface area contributed by atoms with Gasteiger partial charge in [0.25, 0.3) is 0 Å². The van der Waals surface area contributed by atoms with Crippen LogP contribution in [-0.4, -0.2) is 37.3 Å². The molecular weight excluding hydrogens is 339 g/mol. The summed E-state index contributed by atoms with van der Waals surface area (Å²) in [6, 6.07) is 0. The Morgan fingerprint density at radius 3 is 2.26 bits per heavy atom. The van der Waals surface area contributed by atoms with Crippen molar-refractivity contribution in [2.75, 3.05) is 25.6 Å². The van der Waals surface area contributed by atoms with Crippen LogP contribution in [0.1, 0.15) is 46.5 Å². The van der Waals surface area contributed by atoms with Crippen LogP contribution in [0, 0.1) is 0 Å². The van der Waals surface area contributed by atoms with Crippen molar-refractivity contribution in [3.63, 3.8) is 0 Å². The van der Waals surface area contributed by atoms with Crippen LogP contribution in [0.3, 0.4) is 0 Å². The zero-order valence-corrected chi connectivity index (χ0v) is 15.8. The lowest BCUT2D eigenvalue weighted by atomic mass is 10.2. The Morgan fingerprint density at radius 2 is 1.70 bits per heavy atom. The number of ketones is 1. The summed E-state index contributed by atoms with van der Waals surface area (Å²) in [5.41, 5.74) is 0. The highest BCUT2D eigenvalue weighted by molar-refractivity contribution is 8.55. The van der Waals surface area contributed by atoms with Crippen molar-refractivity contribution in [2.24, 2.45) is 0 Å². The van der Waals surface area contributed by atoms with E-state index in [0.29, 0.717) is 19.4 Å². The molecule has 0 saturated carbocycles. The normalized spacial score (nSPS) is 11.8. The summed E-state index contributed by atoms with van der Waals surface area (Å²) >= 11 is 0.908. The molecule has 23 heavy (non-hydrogen) atoms. The smallest absolute Gasteiger partial charge is 0.389 e. The van der Waals surface area contributed by atoms with Gasteiger partial charge in [0.1, 0.15) is 0 Å². The lowest BCUT2D eigenvalue weighted by Gasteiger charge is -2.14. The Labute approximate surface area is 142 Å². The maximum Gasteiger partial charge on any atom is 0.389 e. The first-order valence-electron chi connectivity index (χ1n) is 7.86. The van der Waals surface area contributed by atoms with Crippen LogP contribution in [0.15, 0.2) is 12.2 Å². The molecule has 0 radical (unpaired) electrons. The van der Waals surface area contributed by atoms with Crippen molar-refractivity contribution in [1.29, 1.82) is 0 Å². The zero-order valence-electron chi connectivity index (χ0n) is 14.1. The first kappa shape index (κ1) is 22.4. The molecule has 0 aromatic rings. The van der Waals surface area contributed by atoms with Gasteiger partial charge in [-0.15, -0.1) is 0 Å². The molecule has 0 atom stereocenters. The quantitative estimate of drug-likeness (QED) is 0.198. The zero-order chi connectivity index (χ0) is 17.6. The largest absolute Gasteiger partial charge is 0.466 e. The number of carbonyl (C=O) groups is 2. The fourth-order valence-corrected chi connectivity index (χ4v) is 4.77. The standard InChI is InChI=1S/C15H27O6PS/c1-4-19-15(17)12-10-8-7-9-11-14(16)13-23-22(18,20-5-2)21-6-3/h9,11H,4-8,10,12-13H2,1-3H3/b11-9+. The summed E-state index contributed by atoms with van der Waals surface area (Å²) in [4.78, 5) is 22.8. The molecule has 6 nitrogen and oxygen atoms in total. The van der Waals surface area contributed by atoms with Gasteiger partial charge in [-0.25, -0.2) is 4.57 Å². The monoisotopic (exact) mass is 366 g/mol. The molecule has 0 bridgehead atoms. The number of hydrogen-bond donors (Lipinski definition) is 0. The molecule has 0 amide bonds. The van der Waals surface area contributed by atoms with Gasteiger partial charge in [0.15, 0.2) is 5.78 Å². The number of carbonyl (C=O) groups excluding carboxylic acids is 2. The van der Waals surface area contributed by atoms with Gasteiger partial charge >= 0.3 is 12.8 Å². The van der Waals surface area contributed by atoms with Crippen LogP contribution in [0.5, 0.6) is 0 Å². The molecule has 0 aromatic heterocycles. The van der Waals surface area contributed by atoms with E-state index in [4.69, 9.17) is 13.8 Å². The van der Waals surface area contributed by atoms with Crippen molar-refractivity contribution in [1.82, 2.24) is 0 Å². The minimum absolute atomic E-state index is 0.0522. The predicted molar refractivity (Wildman–Crippen MR) is 92.6 cm³/mol. The molecule has 0 fully saturated rings. The lowest BCUT2D eigenvalue weighted by Crippen LogP contribution is -2.03. The molecule has 0 rings (SSSR count). The Kier molecular flexibility index (Phi) is 13.4. The van der Waals surface area contributed by atoms with E-state index in [1.54, 1.807) is 26.8 Å². The fraction of sp³-hybridized carbons (Fsp3) is 0.733. The summed E-state index contributed by atoms with van der Waals surface area (Å²) < 4.78 is 27.2. The lowest BCUT2D eigenvalue weighted by molar-refractivity contribution is -0.143. The van der Waals surface area contributed by atoms with E-state index in [2.05, 4.69) is 0 Å². The van der Waals surface area contributed by atoms with Gasteiger partial charge in [0.2, 0.25) is 0 Å². The molecule has 134 valence electrons. The van der Waals surface area contributed by atoms with E-state index in [0.717, 1.165) is 24.2 Å². The van der Waals surface area contributed by atoms with Gasteiger partial charge in [0, 0.05) is 6.42 Å². The van der Waals surface area contributed by atoms with Crippen LogP contribution in [-0.2, 0) is 27.9 Å². The first-order chi connectivity index (χ1) is 11.0. The van der Waals surface area contributed by atoms with Crippen molar-refractivity contribution < 1.29 is 27.9 Å². The first-order valence-corrected chi connectivity index (χ1v) is 11.0. The molecule has 0 aliphatic rings. The Hall–Kier alpha value is -0.620. The van der Waals surface area contributed by atoms with Crippen LogP contribution >= 0.6 is 18.2 Å². The third-order valence-corrected chi connectivity index (χ3v) is 6.40. The summed E-state index contributed by atoms with van der Waals surface area (Å²) in [7, 11) is 0. The molecule has 0 aromatic carbocycles. The third kappa shape index (κ3) is 12.5. The highest BCUT2D eigenvalue weighted by Gasteiger charge is 2.25. The van der Waals surface area contributed by atoms with E-state index in [1.807, 2.05) is 0 Å². The van der Waals surface area contributed by atoms with Crippen molar-refractivity contribution in [3.8, 4) is 0 Å². The Morgan fingerprint density at radius 1 is 1.04 bits per heavy atom. The molecule has 0 unspecified atom stereocenters. The molecule has 0 aliphatic carbocycles. The second kappa shape index (κ2) is 13.8.